The molecule has 0 atom stereocenters. The van der Waals surface area contributed by atoms with Crippen molar-refractivity contribution in [2.75, 3.05) is 20.3 Å². The molecule has 1 heterocycles. The molecule has 192 valence electrons. The first-order valence-corrected chi connectivity index (χ1v) is 12.1. The van der Waals surface area contributed by atoms with E-state index in [0.29, 0.717) is 12.4 Å². The van der Waals surface area contributed by atoms with Gasteiger partial charge in [0.25, 0.3) is 5.91 Å². The summed E-state index contributed by atoms with van der Waals surface area (Å²) in [6, 6.07) is 3.33. The van der Waals surface area contributed by atoms with Crippen molar-refractivity contribution in [3.63, 3.8) is 0 Å². The summed E-state index contributed by atoms with van der Waals surface area (Å²) in [5.74, 6) is -0.514. The SMILES string of the molecule is CCCCCCCCCCCCCCCCOC(=O)CNC(=O)c1ncccc1OC.Cl.Cl. The summed E-state index contributed by atoms with van der Waals surface area (Å²) in [6.45, 7) is 2.49. The van der Waals surface area contributed by atoms with Crippen molar-refractivity contribution in [1.29, 1.82) is 0 Å². The van der Waals surface area contributed by atoms with Crippen LogP contribution in [0.15, 0.2) is 18.3 Å². The molecule has 6 nitrogen and oxygen atoms in total. The number of hydrogen-bond donors (Lipinski definition) is 1. The normalized spacial score (nSPS) is 10.0. The number of carbonyl (C=O) groups is 2. The van der Waals surface area contributed by atoms with Crippen molar-refractivity contribution in [3.8, 4) is 5.75 Å². The molecule has 0 fully saturated rings. The topological polar surface area (TPSA) is 77.5 Å². The largest absolute Gasteiger partial charge is 0.494 e. The van der Waals surface area contributed by atoms with Crippen molar-refractivity contribution < 1.29 is 19.1 Å². The Morgan fingerprint density at radius 1 is 0.848 bits per heavy atom. The second-order valence-electron chi connectivity index (χ2n) is 8.05. The van der Waals surface area contributed by atoms with Gasteiger partial charge in [0.05, 0.1) is 13.7 Å². The molecule has 1 N–H and O–H groups in total. The summed E-state index contributed by atoms with van der Waals surface area (Å²) in [5.41, 5.74) is 0.157. The van der Waals surface area contributed by atoms with Gasteiger partial charge in [-0.1, -0.05) is 90.4 Å². The monoisotopic (exact) mass is 506 g/mol. The van der Waals surface area contributed by atoms with Crippen LogP contribution in [0.5, 0.6) is 5.75 Å². The minimum Gasteiger partial charge on any atom is -0.494 e. The van der Waals surface area contributed by atoms with Crippen LogP contribution in [0.25, 0.3) is 0 Å². The molecule has 1 aromatic rings. The van der Waals surface area contributed by atoms with E-state index in [9.17, 15) is 9.59 Å². The van der Waals surface area contributed by atoms with Crippen molar-refractivity contribution >= 4 is 36.7 Å². The molecule has 8 heteroatoms. The van der Waals surface area contributed by atoms with E-state index in [4.69, 9.17) is 9.47 Å². The number of nitrogens with one attached hydrogen (secondary N) is 1. The quantitative estimate of drug-likeness (QED) is 0.167. The van der Waals surface area contributed by atoms with Crippen LogP contribution in [-0.2, 0) is 9.53 Å². The molecule has 0 aromatic carbocycles. The van der Waals surface area contributed by atoms with Gasteiger partial charge in [-0.25, -0.2) is 4.98 Å². The number of carbonyl (C=O) groups excluding carboxylic acids is 2. The number of methoxy groups -OCH3 is 1. The van der Waals surface area contributed by atoms with Gasteiger partial charge in [-0.2, -0.15) is 0 Å². The molecule has 0 unspecified atom stereocenters. The van der Waals surface area contributed by atoms with Gasteiger partial charge in [-0.3, -0.25) is 9.59 Å². The van der Waals surface area contributed by atoms with E-state index in [1.54, 1.807) is 12.1 Å². The second kappa shape index (κ2) is 23.6. The Balaban J connectivity index is 0. The van der Waals surface area contributed by atoms with Crippen LogP contribution in [-0.4, -0.2) is 37.1 Å². The van der Waals surface area contributed by atoms with E-state index in [1.165, 1.54) is 90.4 Å². The summed E-state index contributed by atoms with van der Waals surface area (Å²) in [4.78, 5) is 27.8. The molecule has 0 bridgehead atoms. The lowest BCUT2D eigenvalue weighted by atomic mass is 10.0. The third-order valence-corrected chi connectivity index (χ3v) is 5.36. The fourth-order valence-corrected chi connectivity index (χ4v) is 3.50. The highest BCUT2D eigenvalue weighted by Gasteiger charge is 2.14. The van der Waals surface area contributed by atoms with Crippen molar-refractivity contribution in [1.82, 2.24) is 10.3 Å². The van der Waals surface area contributed by atoms with E-state index in [1.807, 2.05) is 0 Å². The van der Waals surface area contributed by atoms with Gasteiger partial charge in [-0.15, -0.1) is 24.8 Å². The van der Waals surface area contributed by atoms with Crippen LogP contribution >= 0.6 is 24.8 Å². The minimum atomic E-state index is -0.453. The lowest BCUT2D eigenvalue weighted by molar-refractivity contribution is -0.142. The molecule has 1 amide bonds. The van der Waals surface area contributed by atoms with E-state index >= 15 is 0 Å². The molecule has 1 aromatic heterocycles. The molecule has 33 heavy (non-hydrogen) atoms. The number of halogens is 2. The highest BCUT2D eigenvalue weighted by Crippen LogP contribution is 2.14. The van der Waals surface area contributed by atoms with Gasteiger partial charge < -0.3 is 14.8 Å². The predicted octanol–water partition coefficient (Wildman–Crippen LogP) is 6.69. The number of aromatic nitrogens is 1. The standard InChI is InChI=1S/C25H42N2O4.2ClH/c1-3-4-5-6-7-8-9-10-11-12-13-14-15-16-20-31-23(28)21-27-25(29)24-22(30-2)18-17-19-26-24;;/h17-19H,3-16,20-21H2,1-2H3,(H,27,29);2*1H. The highest BCUT2D eigenvalue weighted by atomic mass is 35.5. The van der Waals surface area contributed by atoms with Crippen LogP contribution in [0.2, 0.25) is 0 Å². The molecular weight excluding hydrogens is 463 g/mol. The maximum atomic E-state index is 12.1. The fourth-order valence-electron chi connectivity index (χ4n) is 3.50. The Kier molecular flexibility index (Phi) is 24.1. The number of esters is 1. The number of unbranched alkanes of at least 4 members (excludes halogenated alkanes) is 13. The van der Waals surface area contributed by atoms with E-state index < -0.39 is 11.9 Å². The third kappa shape index (κ3) is 17.6. The predicted molar refractivity (Wildman–Crippen MR) is 139 cm³/mol. The maximum Gasteiger partial charge on any atom is 0.325 e. The number of hydrogen-bond acceptors (Lipinski definition) is 5. The molecule has 0 aliphatic carbocycles. The van der Waals surface area contributed by atoms with E-state index in [-0.39, 0.29) is 37.1 Å². The van der Waals surface area contributed by atoms with Crippen molar-refractivity contribution in [3.05, 3.63) is 24.0 Å². The van der Waals surface area contributed by atoms with Crippen LogP contribution < -0.4 is 10.1 Å². The van der Waals surface area contributed by atoms with Gasteiger partial charge in [0.2, 0.25) is 0 Å². The number of nitrogens with zero attached hydrogens (tertiary/aromatic N) is 1. The Labute approximate surface area is 212 Å². The zero-order chi connectivity index (χ0) is 22.6. The molecule has 0 saturated heterocycles. The summed E-state index contributed by atoms with van der Waals surface area (Å²) >= 11 is 0. The number of ether oxygens (including phenoxy) is 2. The smallest absolute Gasteiger partial charge is 0.325 e. The Morgan fingerprint density at radius 3 is 1.88 bits per heavy atom. The molecule has 0 saturated carbocycles. The first kappa shape index (κ1) is 33.6. The summed E-state index contributed by atoms with van der Waals surface area (Å²) in [6.07, 6.45) is 19.6. The number of rotatable bonds is 19. The zero-order valence-corrected chi connectivity index (χ0v) is 22.1. The summed E-state index contributed by atoms with van der Waals surface area (Å²) in [5, 5.41) is 2.52. The lowest BCUT2D eigenvalue weighted by Gasteiger charge is -2.08. The maximum absolute atomic E-state index is 12.1. The molecule has 0 aliphatic rings. The van der Waals surface area contributed by atoms with E-state index in [2.05, 4.69) is 17.2 Å². The molecule has 0 spiro atoms. The summed E-state index contributed by atoms with van der Waals surface area (Å²) in [7, 11) is 1.47. The Morgan fingerprint density at radius 2 is 1.36 bits per heavy atom. The minimum absolute atomic E-state index is 0. The van der Waals surface area contributed by atoms with Crippen LogP contribution in [0.4, 0.5) is 0 Å². The van der Waals surface area contributed by atoms with Gasteiger partial charge >= 0.3 is 5.97 Å². The Bertz CT molecular complexity index is 618. The molecule has 0 aliphatic heterocycles. The van der Waals surface area contributed by atoms with Crippen molar-refractivity contribution in [2.24, 2.45) is 0 Å². The van der Waals surface area contributed by atoms with Crippen LogP contribution in [0, 0.1) is 0 Å². The van der Waals surface area contributed by atoms with E-state index in [0.717, 1.165) is 12.8 Å². The van der Waals surface area contributed by atoms with Gasteiger partial charge in [0.15, 0.2) is 5.69 Å². The van der Waals surface area contributed by atoms with Gasteiger partial charge in [0, 0.05) is 6.20 Å². The molecule has 0 radical (unpaired) electrons. The Hall–Kier alpha value is -1.53. The third-order valence-electron chi connectivity index (χ3n) is 5.36. The van der Waals surface area contributed by atoms with Crippen LogP contribution in [0.3, 0.4) is 0 Å². The average molecular weight is 508 g/mol. The number of pyridine rings is 1. The average Bonchev–Trinajstić information content (AvgIpc) is 2.79. The first-order valence-electron chi connectivity index (χ1n) is 12.1. The van der Waals surface area contributed by atoms with Crippen molar-refractivity contribution in [2.45, 2.75) is 96.8 Å². The number of amides is 1. The molecule has 1 rings (SSSR count). The zero-order valence-electron chi connectivity index (χ0n) is 20.4. The second-order valence-corrected chi connectivity index (χ2v) is 8.05. The van der Waals surface area contributed by atoms with Crippen LogP contribution in [0.1, 0.15) is 107 Å². The lowest BCUT2D eigenvalue weighted by Crippen LogP contribution is -2.31. The fraction of sp³-hybridized carbons (Fsp3) is 0.720. The summed E-state index contributed by atoms with van der Waals surface area (Å²) < 4.78 is 10.3. The van der Waals surface area contributed by atoms with Gasteiger partial charge in [-0.05, 0) is 18.6 Å². The first-order chi connectivity index (χ1) is 15.2. The highest BCUT2D eigenvalue weighted by molar-refractivity contribution is 5.96. The van der Waals surface area contributed by atoms with Gasteiger partial charge in [0.1, 0.15) is 12.3 Å². The molecular formula is C25H44Cl2N2O4.